The number of fused-ring (bicyclic) bond motifs is 1. The van der Waals surface area contributed by atoms with Crippen molar-refractivity contribution >= 4 is 39.6 Å². The summed E-state index contributed by atoms with van der Waals surface area (Å²) in [6.07, 6.45) is 4.03. The van der Waals surface area contributed by atoms with E-state index in [4.69, 9.17) is 5.11 Å². The van der Waals surface area contributed by atoms with Crippen LogP contribution in [-0.4, -0.2) is 28.6 Å². The molecule has 0 fully saturated rings. The van der Waals surface area contributed by atoms with Gasteiger partial charge in [-0.2, -0.15) is 0 Å². The Bertz CT molecular complexity index is 1610. The van der Waals surface area contributed by atoms with Gasteiger partial charge in [0.05, 0.1) is 23.5 Å². The fourth-order valence-corrected chi connectivity index (χ4v) is 5.72. The number of carbonyl (C=O) groups is 2. The summed E-state index contributed by atoms with van der Waals surface area (Å²) in [4.78, 5) is 30.5. The predicted molar refractivity (Wildman–Crippen MR) is 148 cm³/mol. The summed E-state index contributed by atoms with van der Waals surface area (Å²) in [7, 11) is 0. The zero-order valence-electron chi connectivity index (χ0n) is 21.0. The molecule has 2 atom stereocenters. The van der Waals surface area contributed by atoms with Crippen molar-refractivity contribution in [1.29, 1.82) is 0 Å². The van der Waals surface area contributed by atoms with E-state index < -0.39 is 11.5 Å². The predicted octanol–water partition coefficient (Wildman–Crippen LogP) is 5.44. The number of carbonyl (C=O) groups excluding carboxylic acids is 2. The van der Waals surface area contributed by atoms with Gasteiger partial charge in [-0.15, -0.1) is 0 Å². The van der Waals surface area contributed by atoms with Crippen LogP contribution in [0.2, 0.25) is 0 Å². The Morgan fingerprint density at radius 1 is 0.921 bits per heavy atom. The Morgan fingerprint density at radius 2 is 1.66 bits per heavy atom. The van der Waals surface area contributed by atoms with Crippen LogP contribution < -0.4 is 9.80 Å². The van der Waals surface area contributed by atoms with Gasteiger partial charge in [0.25, 0.3) is 11.8 Å². The number of hydrogen-bond donors (Lipinski definition) is 2. The minimum atomic E-state index is -1.71. The van der Waals surface area contributed by atoms with Crippen molar-refractivity contribution in [3.8, 4) is 0 Å². The topological polar surface area (TPSA) is 81.1 Å². The molecule has 6 rings (SSSR count). The van der Waals surface area contributed by atoms with E-state index >= 15 is 0 Å². The SMILES string of the molecule is C[C@H](/C=C/CCO)[C@@]1(O)C(=O)N(Cc2cccc(N3C(=O)c4cccc5cccc3c45)c2)c2ccccc21. The summed E-state index contributed by atoms with van der Waals surface area (Å²) in [5.41, 5.74) is 2.63. The third kappa shape index (κ3) is 3.56. The van der Waals surface area contributed by atoms with E-state index in [1.807, 2.05) is 85.8 Å². The monoisotopic (exact) mass is 504 g/mol. The Kier molecular flexibility index (Phi) is 5.86. The van der Waals surface area contributed by atoms with E-state index in [0.717, 1.165) is 27.7 Å². The fourth-order valence-electron chi connectivity index (χ4n) is 5.72. The molecule has 2 heterocycles. The van der Waals surface area contributed by atoms with Gasteiger partial charge in [-0.1, -0.05) is 73.7 Å². The molecule has 6 heteroatoms. The van der Waals surface area contributed by atoms with Crippen LogP contribution in [0.1, 0.15) is 34.8 Å². The van der Waals surface area contributed by atoms with Gasteiger partial charge in [0.1, 0.15) is 0 Å². The molecule has 0 spiro atoms. The Labute approximate surface area is 221 Å². The highest BCUT2D eigenvalue weighted by Gasteiger charge is 2.52. The summed E-state index contributed by atoms with van der Waals surface area (Å²) in [5.74, 6) is -0.950. The summed E-state index contributed by atoms with van der Waals surface area (Å²) in [6.45, 7) is 2.07. The van der Waals surface area contributed by atoms with Crippen molar-refractivity contribution in [3.63, 3.8) is 0 Å². The summed E-state index contributed by atoms with van der Waals surface area (Å²) in [5, 5.41) is 22.8. The summed E-state index contributed by atoms with van der Waals surface area (Å²) >= 11 is 0. The van der Waals surface area contributed by atoms with Gasteiger partial charge in [-0.05, 0) is 47.7 Å². The number of para-hydroxylation sites is 1. The highest BCUT2D eigenvalue weighted by atomic mass is 16.3. The van der Waals surface area contributed by atoms with Gasteiger partial charge in [0, 0.05) is 29.2 Å². The molecule has 190 valence electrons. The number of amides is 2. The van der Waals surface area contributed by atoms with Crippen LogP contribution in [0.25, 0.3) is 10.8 Å². The van der Waals surface area contributed by atoms with E-state index in [0.29, 0.717) is 23.2 Å². The van der Waals surface area contributed by atoms with Gasteiger partial charge in [0.2, 0.25) is 0 Å². The summed E-state index contributed by atoms with van der Waals surface area (Å²) < 4.78 is 0. The minimum Gasteiger partial charge on any atom is -0.396 e. The fraction of sp³-hybridized carbons (Fsp3) is 0.188. The lowest BCUT2D eigenvalue weighted by Crippen LogP contribution is -2.44. The molecule has 0 aliphatic carbocycles. The number of hydrogen-bond acceptors (Lipinski definition) is 4. The van der Waals surface area contributed by atoms with Crippen molar-refractivity contribution in [2.24, 2.45) is 5.92 Å². The number of aliphatic hydroxyl groups is 2. The third-order valence-electron chi connectivity index (χ3n) is 7.62. The molecule has 38 heavy (non-hydrogen) atoms. The van der Waals surface area contributed by atoms with Crippen LogP contribution in [0.3, 0.4) is 0 Å². The quantitative estimate of drug-likeness (QED) is 0.329. The smallest absolute Gasteiger partial charge is 0.264 e. The first kappa shape index (κ1) is 24.1. The molecular formula is C32H28N2O4. The van der Waals surface area contributed by atoms with Crippen LogP contribution in [0, 0.1) is 5.92 Å². The first-order valence-corrected chi connectivity index (χ1v) is 12.8. The molecule has 0 saturated heterocycles. The molecule has 0 unspecified atom stereocenters. The van der Waals surface area contributed by atoms with Gasteiger partial charge in [-0.3, -0.25) is 14.5 Å². The lowest BCUT2D eigenvalue weighted by molar-refractivity contribution is -0.139. The van der Waals surface area contributed by atoms with Crippen LogP contribution in [-0.2, 0) is 16.9 Å². The van der Waals surface area contributed by atoms with Crippen molar-refractivity contribution in [3.05, 3.63) is 114 Å². The molecule has 0 aromatic heterocycles. The van der Waals surface area contributed by atoms with E-state index in [1.165, 1.54) is 0 Å². The minimum absolute atomic E-state index is 0.00769. The number of benzene rings is 4. The second-order valence-electron chi connectivity index (χ2n) is 9.90. The summed E-state index contributed by atoms with van der Waals surface area (Å²) in [6, 6.07) is 26.6. The lowest BCUT2D eigenvalue weighted by atomic mass is 9.83. The third-order valence-corrected chi connectivity index (χ3v) is 7.62. The van der Waals surface area contributed by atoms with E-state index in [9.17, 15) is 14.7 Å². The number of aliphatic hydroxyl groups excluding tert-OH is 1. The van der Waals surface area contributed by atoms with Crippen LogP contribution >= 0.6 is 0 Å². The molecule has 2 N–H and O–H groups in total. The van der Waals surface area contributed by atoms with E-state index in [1.54, 1.807) is 28.0 Å². The molecule has 2 aliphatic heterocycles. The highest BCUT2D eigenvalue weighted by molar-refractivity contribution is 6.27. The lowest BCUT2D eigenvalue weighted by Gasteiger charge is -2.28. The molecule has 6 nitrogen and oxygen atoms in total. The molecule has 0 saturated carbocycles. The molecule has 0 radical (unpaired) electrons. The number of nitrogens with zero attached hydrogens (tertiary/aromatic N) is 2. The average molecular weight is 505 g/mol. The van der Waals surface area contributed by atoms with Crippen LogP contribution in [0.5, 0.6) is 0 Å². The van der Waals surface area contributed by atoms with Crippen LogP contribution in [0.4, 0.5) is 17.1 Å². The van der Waals surface area contributed by atoms with Crippen LogP contribution in [0.15, 0.2) is 97.1 Å². The maximum absolute atomic E-state index is 13.8. The molecule has 2 amide bonds. The Balaban J connectivity index is 1.34. The zero-order valence-corrected chi connectivity index (χ0v) is 21.0. The van der Waals surface area contributed by atoms with Gasteiger partial charge >= 0.3 is 0 Å². The molecule has 2 aliphatic rings. The second-order valence-corrected chi connectivity index (χ2v) is 9.90. The van der Waals surface area contributed by atoms with Gasteiger partial charge in [-0.25, -0.2) is 0 Å². The maximum Gasteiger partial charge on any atom is 0.264 e. The second kappa shape index (κ2) is 9.24. The molecule has 4 aromatic rings. The highest BCUT2D eigenvalue weighted by Crippen LogP contribution is 2.46. The normalized spacial score (nSPS) is 19.1. The first-order chi connectivity index (χ1) is 18.4. The standard InChI is InChI=1S/C32H28N2O4/c1-21(9-4-5-18-35)32(38)26-15-2-3-16-27(26)33(31(32)37)20-22-10-6-13-24(19-22)34-28-17-8-12-23-11-7-14-25(29(23)28)30(34)36/h2-4,6-17,19,21,35,38H,5,18,20H2,1H3/b9-4+/t21-,32+/m1/s1. The van der Waals surface area contributed by atoms with E-state index in [2.05, 4.69) is 0 Å². The van der Waals surface area contributed by atoms with Gasteiger partial charge in [0.15, 0.2) is 5.60 Å². The van der Waals surface area contributed by atoms with Crippen molar-refractivity contribution in [2.75, 3.05) is 16.4 Å². The van der Waals surface area contributed by atoms with Gasteiger partial charge < -0.3 is 15.1 Å². The first-order valence-electron chi connectivity index (χ1n) is 12.8. The van der Waals surface area contributed by atoms with E-state index in [-0.39, 0.29) is 25.0 Å². The molecule has 4 aromatic carbocycles. The maximum atomic E-state index is 13.8. The number of rotatable bonds is 7. The zero-order chi connectivity index (χ0) is 26.4. The molecular weight excluding hydrogens is 476 g/mol. The van der Waals surface area contributed by atoms with Crippen molar-refractivity contribution in [2.45, 2.75) is 25.5 Å². The average Bonchev–Trinajstić information content (AvgIpc) is 3.35. The van der Waals surface area contributed by atoms with Crippen molar-refractivity contribution in [1.82, 2.24) is 0 Å². The molecule has 0 bridgehead atoms. The van der Waals surface area contributed by atoms with Crippen molar-refractivity contribution < 1.29 is 19.8 Å². The number of anilines is 3. The Morgan fingerprint density at radius 3 is 2.47 bits per heavy atom. The largest absolute Gasteiger partial charge is 0.396 e. The Hall–Kier alpha value is -4.26.